The van der Waals surface area contributed by atoms with E-state index in [9.17, 15) is 35.9 Å². The Balaban J connectivity index is 0.000000216. The van der Waals surface area contributed by atoms with E-state index in [1.54, 1.807) is 24.3 Å². The van der Waals surface area contributed by atoms with Gasteiger partial charge in [0.15, 0.2) is 0 Å². The molecule has 2 saturated heterocycles. The van der Waals surface area contributed by atoms with Crippen molar-refractivity contribution in [2.75, 3.05) is 90.0 Å². The van der Waals surface area contributed by atoms with Crippen molar-refractivity contribution in [1.82, 2.24) is 9.80 Å². The predicted octanol–water partition coefficient (Wildman–Crippen LogP) is 8.51. The molecule has 17 heteroatoms. The number of benzene rings is 4. The van der Waals surface area contributed by atoms with Gasteiger partial charge < -0.3 is 30.0 Å². The van der Waals surface area contributed by atoms with Crippen LogP contribution in [0, 0.1) is 0 Å². The molecule has 3 N–H and O–H groups in total. The van der Waals surface area contributed by atoms with E-state index < -0.39 is 34.6 Å². The number of carbonyl (C=O) groups excluding carboxylic acids is 2. The lowest BCUT2D eigenvalue weighted by Gasteiger charge is -2.26. The Morgan fingerprint density at radius 2 is 1.08 bits per heavy atom. The molecular formula is C42H47ClF6N4O6. The second-order valence-electron chi connectivity index (χ2n) is 13.3. The number of carbonyl (C=O) groups is 2. The first-order valence-electron chi connectivity index (χ1n) is 18.8. The molecule has 4 aromatic rings. The van der Waals surface area contributed by atoms with E-state index in [0.29, 0.717) is 18.0 Å². The maximum absolute atomic E-state index is 12.6. The van der Waals surface area contributed by atoms with Gasteiger partial charge in [0.05, 0.1) is 50.8 Å². The molecule has 0 aliphatic carbocycles. The zero-order valence-electron chi connectivity index (χ0n) is 32.2. The quantitative estimate of drug-likeness (QED) is 0.0592. The Bertz CT molecular complexity index is 1870. The first-order chi connectivity index (χ1) is 28.2. The number of anilines is 2. The highest BCUT2D eigenvalue weighted by Gasteiger charge is 2.31. The third kappa shape index (κ3) is 17.5. The fraction of sp³-hybridized carbons (Fsp3) is 0.381. The molecule has 6 rings (SSSR count). The van der Waals surface area contributed by atoms with E-state index in [2.05, 4.69) is 15.1 Å². The maximum atomic E-state index is 12.6. The van der Waals surface area contributed by atoms with Gasteiger partial charge in [-0.1, -0.05) is 12.1 Å². The number of hydrogen-bond donors (Lipinski definition) is 2. The monoisotopic (exact) mass is 852 g/mol. The van der Waals surface area contributed by atoms with Crippen LogP contribution < -0.4 is 20.5 Å². The van der Waals surface area contributed by atoms with Crippen LogP contribution in [0.5, 0.6) is 11.5 Å². The summed E-state index contributed by atoms with van der Waals surface area (Å²) < 4.78 is 95.9. The van der Waals surface area contributed by atoms with Crippen LogP contribution in [-0.2, 0) is 21.8 Å². The molecule has 0 radical (unpaired) electrons. The Morgan fingerprint density at radius 3 is 1.53 bits per heavy atom. The molecule has 320 valence electrons. The van der Waals surface area contributed by atoms with Gasteiger partial charge in [0.2, 0.25) is 0 Å². The van der Waals surface area contributed by atoms with E-state index in [4.69, 9.17) is 36.3 Å². The SMILES string of the molecule is Nc1cccc(OCCCN2CCOCC2)c1.O=C(Cl)c1ccc(C(F)(F)F)cc1.O=C(Nc1cccc(OCCCN2CCOCC2)c1)c1ccc(C(F)(F)F)cc1. The van der Waals surface area contributed by atoms with Gasteiger partial charge in [-0.25, -0.2) is 0 Å². The van der Waals surface area contributed by atoms with Gasteiger partial charge >= 0.3 is 12.4 Å². The van der Waals surface area contributed by atoms with Gasteiger partial charge in [0.1, 0.15) is 11.5 Å². The number of halogens is 7. The number of nitrogens with zero attached hydrogens (tertiary/aromatic N) is 2. The zero-order chi connectivity index (χ0) is 42.7. The second-order valence-corrected chi connectivity index (χ2v) is 13.6. The fourth-order valence-corrected chi connectivity index (χ4v) is 5.80. The summed E-state index contributed by atoms with van der Waals surface area (Å²) in [6.07, 6.45) is -6.90. The molecule has 0 aromatic heterocycles. The number of nitrogens with two attached hydrogens (primary N) is 1. The Labute approximate surface area is 344 Å². The summed E-state index contributed by atoms with van der Waals surface area (Å²) in [4.78, 5) is 27.5. The van der Waals surface area contributed by atoms with Gasteiger partial charge in [-0.05, 0) is 97.2 Å². The highest BCUT2D eigenvalue weighted by Crippen LogP contribution is 2.30. The fourth-order valence-electron chi connectivity index (χ4n) is 5.68. The molecule has 0 atom stereocenters. The van der Waals surface area contributed by atoms with Crippen molar-refractivity contribution in [2.45, 2.75) is 25.2 Å². The number of ether oxygens (including phenoxy) is 4. The second kappa shape index (κ2) is 23.7. The normalized spacial score (nSPS) is 14.8. The summed E-state index contributed by atoms with van der Waals surface area (Å²) >= 11 is 5.05. The molecule has 10 nitrogen and oxygen atoms in total. The number of morpholine rings is 2. The maximum Gasteiger partial charge on any atom is 0.416 e. The number of hydrogen-bond acceptors (Lipinski definition) is 9. The van der Waals surface area contributed by atoms with Crippen molar-refractivity contribution < 1.29 is 54.9 Å². The van der Waals surface area contributed by atoms with Crippen molar-refractivity contribution in [3.05, 3.63) is 119 Å². The first-order valence-corrected chi connectivity index (χ1v) is 19.2. The van der Waals surface area contributed by atoms with Gasteiger partial charge in [-0.15, -0.1) is 0 Å². The van der Waals surface area contributed by atoms with Crippen molar-refractivity contribution in [3.8, 4) is 11.5 Å². The van der Waals surface area contributed by atoms with Gasteiger partial charge in [-0.2, -0.15) is 26.3 Å². The van der Waals surface area contributed by atoms with Gasteiger partial charge in [-0.3, -0.25) is 19.4 Å². The average Bonchev–Trinajstić information content (AvgIpc) is 3.22. The van der Waals surface area contributed by atoms with Crippen molar-refractivity contribution in [3.63, 3.8) is 0 Å². The highest BCUT2D eigenvalue weighted by molar-refractivity contribution is 6.67. The molecule has 59 heavy (non-hydrogen) atoms. The van der Waals surface area contributed by atoms with E-state index in [0.717, 1.165) is 145 Å². The molecule has 1 amide bonds. The minimum atomic E-state index is -4.43. The molecule has 2 aliphatic heterocycles. The minimum Gasteiger partial charge on any atom is -0.493 e. The zero-order valence-corrected chi connectivity index (χ0v) is 33.0. The standard InChI is InChI=1S/C21H23F3N2O3.C13H20N2O2.C8H4ClF3O/c22-21(23,24)17-7-5-16(6-8-17)20(27)25-18-3-1-4-19(15-18)29-12-2-9-26-10-13-28-14-11-26;14-12-3-1-4-13(11-12)17-8-2-5-15-6-9-16-10-7-15;9-7(13)5-1-3-6(4-2-5)8(10,11)12/h1,3-8,15H,2,9-14H2,(H,25,27);1,3-4,11H,2,5-10,14H2;1-4H. The number of amides is 1. The van der Waals surface area contributed by atoms with Crippen LogP contribution in [0.1, 0.15) is 44.7 Å². The first kappa shape index (κ1) is 46.8. The van der Waals surface area contributed by atoms with Crippen LogP contribution in [0.3, 0.4) is 0 Å². The summed E-state index contributed by atoms with van der Waals surface area (Å²) in [5.41, 5.74) is 5.55. The van der Waals surface area contributed by atoms with Crippen molar-refractivity contribution in [1.29, 1.82) is 0 Å². The van der Waals surface area contributed by atoms with Gasteiger partial charge in [0, 0.05) is 73.9 Å². The predicted molar refractivity (Wildman–Crippen MR) is 213 cm³/mol. The Morgan fingerprint density at radius 1 is 0.644 bits per heavy atom. The number of nitrogen functional groups attached to an aromatic ring is 1. The lowest BCUT2D eigenvalue weighted by atomic mass is 10.1. The lowest BCUT2D eigenvalue weighted by Crippen LogP contribution is -2.37. The number of alkyl halides is 6. The summed E-state index contributed by atoms with van der Waals surface area (Å²) in [6, 6.07) is 22.3. The molecule has 0 unspecified atom stereocenters. The van der Waals surface area contributed by atoms with E-state index in [1.807, 2.05) is 24.3 Å². The largest absolute Gasteiger partial charge is 0.493 e. The summed E-state index contributed by atoms with van der Waals surface area (Å²) in [6.45, 7) is 10.5. The third-order valence-electron chi connectivity index (χ3n) is 8.85. The topological polar surface area (TPSA) is 116 Å². The Hall–Kier alpha value is -4.87. The lowest BCUT2D eigenvalue weighted by molar-refractivity contribution is -0.138. The van der Waals surface area contributed by atoms with Crippen LogP contribution >= 0.6 is 11.6 Å². The molecular weight excluding hydrogens is 806 g/mol. The van der Waals surface area contributed by atoms with E-state index in [1.165, 1.54) is 0 Å². The molecule has 2 fully saturated rings. The average molecular weight is 853 g/mol. The van der Waals surface area contributed by atoms with Crippen LogP contribution in [0.4, 0.5) is 37.7 Å². The highest BCUT2D eigenvalue weighted by atomic mass is 35.5. The van der Waals surface area contributed by atoms with Crippen LogP contribution in [0.2, 0.25) is 0 Å². The molecule has 0 saturated carbocycles. The minimum absolute atomic E-state index is 0.0506. The summed E-state index contributed by atoms with van der Waals surface area (Å²) in [7, 11) is 0. The van der Waals surface area contributed by atoms with Gasteiger partial charge in [0.25, 0.3) is 11.1 Å². The molecule has 2 heterocycles. The summed E-state index contributed by atoms with van der Waals surface area (Å²) in [5, 5.41) is 1.91. The van der Waals surface area contributed by atoms with E-state index >= 15 is 0 Å². The smallest absolute Gasteiger partial charge is 0.416 e. The van der Waals surface area contributed by atoms with Crippen LogP contribution in [-0.4, -0.2) is 99.9 Å². The van der Waals surface area contributed by atoms with Crippen LogP contribution in [0.25, 0.3) is 0 Å². The number of rotatable bonds is 13. The van der Waals surface area contributed by atoms with Crippen LogP contribution in [0.15, 0.2) is 97.1 Å². The molecule has 0 spiro atoms. The van der Waals surface area contributed by atoms with Crippen molar-refractivity contribution >= 4 is 34.1 Å². The molecule has 2 aliphatic rings. The van der Waals surface area contributed by atoms with Crippen molar-refractivity contribution in [2.24, 2.45) is 0 Å². The van der Waals surface area contributed by atoms with E-state index in [-0.39, 0.29) is 11.1 Å². The molecule has 0 bridgehead atoms. The summed E-state index contributed by atoms with van der Waals surface area (Å²) in [5.74, 6) is 0.993. The Kier molecular flexibility index (Phi) is 18.8. The number of nitrogens with one attached hydrogen (secondary N) is 1. The molecule has 4 aromatic carbocycles. The third-order valence-corrected chi connectivity index (χ3v) is 9.06.